The van der Waals surface area contributed by atoms with Gasteiger partial charge in [-0.1, -0.05) is 39.0 Å². The summed E-state index contributed by atoms with van der Waals surface area (Å²) in [4.78, 5) is 58.8. The molecule has 0 aliphatic carbocycles. The number of rotatable bonds is 12. The molecule has 8 rings (SSSR count). The Bertz CT molecular complexity index is 2430. The molecule has 0 spiro atoms. The molecule has 3 aromatic carbocycles. The number of likely N-dealkylation sites (tertiary alicyclic amines) is 2. The molecule has 61 heavy (non-hydrogen) atoms. The third kappa shape index (κ3) is 7.99. The number of aliphatic hydroxyl groups is 1. The normalized spacial score (nSPS) is 21.5. The molecule has 3 aliphatic rings. The number of aromatic nitrogens is 4. The number of aliphatic hydroxyl groups excluding tert-OH is 1. The SMILES string of the molecule is CCC(NC(=O)OC)C(=O)N1C(C)CCC1c1nc2c(ccc3cc4c(cc32)OCc2cc(-c3cnc(C5CC(COC)CN5C(O)C(NC(=O)OC)C(C)C)[nH]3)ccc2-4)[nH]1. The Labute approximate surface area is 354 Å². The fraction of sp³-hybridized carbons (Fsp3) is 0.489. The molecule has 5 aromatic rings. The number of methoxy groups -OCH3 is 3. The number of nitrogens with zero attached hydrogens (tertiary/aromatic N) is 4. The van der Waals surface area contributed by atoms with Crippen LogP contribution in [0.15, 0.2) is 48.7 Å². The monoisotopic (exact) mass is 836 g/mol. The molecule has 3 amide bonds. The highest BCUT2D eigenvalue weighted by molar-refractivity contribution is 6.07. The average Bonchev–Trinajstić information content (AvgIpc) is 4.09. The van der Waals surface area contributed by atoms with E-state index in [1.807, 2.05) is 49.8 Å². The van der Waals surface area contributed by atoms with Crippen LogP contribution in [0.25, 0.3) is 44.2 Å². The van der Waals surface area contributed by atoms with Crippen LogP contribution in [0, 0.1) is 11.8 Å². The zero-order valence-corrected chi connectivity index (χ0v) is 35.8. The van der Waals surface area contributed by atoms with Crippen molar-refractivity contribution in [2.45, 2.75) is 96.4 Å². The molecular weight excluding hydrogens is 781 g/mol. The van der Waals surface area contributed by atoms with Gasteiger partial charge in [0.25, 0.3) is 0 Å². The zero-order valence-electron chi connectivity index (χ0n) is 35.8. The number of nitrogens with one attached hydrogen (secondary N) is 4. The molecule has 2 aromatic heterocycles. The minimum Gasteiger partial charge on any atom is -0.488 e. The Morgan fingerprint density at radius 1 is 0.967 bits per heavy atom. The Hall–Kier alpha value is -5.71. The van der Waals surface area contributed by atoms with Crippen molar-refractivity contribution in [1.82, 2.24) is 40.4 Å². The van der Waals surface area contributed by atoms with Crippen LogP contribution in [0.4, 0.5) is 9.59 Å². The number of H-pyrrole nitrogens is 2. The number of hydrogen-bond acceptors (Lipinski definition) is 11. The van der Waals surface area contributed by atoms with Crippen LogP contribution in [0.5, 0.6) is 5.75 Å². The number of aromatic amines is 2. The summed E-state index contributed by atoms with van der Waals surface area (Å²) in [5.74, 6) is 2.18. The van der Waals surface area contributed by atoms with Crippen molar-refractivity contribution in [3.05, 3.63) is 65.9 Å². The summed E-state index contributed by atoms with van der Waals surface area (Å²) in [6.07, 6.45) is 2.37. The van der Waals surface area contributed by atoms with E-state index in [1.54, 1.807) is 7.11 Å². The summed E-state index contributed by atoms with van der Waals surface area (Å²) in [6, 6.07) is 12.9. The number of benzene rings is 3. The van der Waals surface area contributed by atoms with Crippen molar-refractivity contribution in [2.75, 3.05) is 34.5 Å². The number of carbonyl (C=O) groups excluding carboxylic acids is 3. The van der Waals surface area contributed by atoms with Crippen LogP contribution in [0.2, 0.25) is 0 Å². The van der Waals surface area contributed by atoms with Gasteiger partial charge in [0.1, 0.15) is 36.3 Å². The molecular formula is C45H56N8O8. The fourth-order valence-electron chi connectivity index (χ4n) is 9.48. The number of alkyl carbamates (subject to hydrolysis) is 2. The van der Waals surface area contributed by atoms with Gasteiger partial charge in [-0.05, 0) is 90.8 Å². The molecule has 0 saturated carbocycles. The van der Waals surface area contributed by atoms with E-state index < -0.39 is 30.5 Å². The summed E-state index contributed by atoms with van der Waals surface area (Å²) >= 11 is 0. The largest absolute Gasteiger partial charge is 0.488 e. The predicted molar refractivity (Wildman–Crippen MR) is 228 cm³/mol. The number of imidazole rings is 2. The quantitative estimate of drug-likeness (QED) is 0.0913. The van der Waals surface area contributed by atoms with Crippen LogP contribution >= 0.6 is 0 Å². The van der Waals surface area contributed by atoms with E-state index in [-0.39, 0.29) is 35.9 Å². The number of fused-ring (bicyclic) bond motifs is 6. The lowest BCUT2D eigenvalue weighted by Crippen LogP contribution is -2.54. The second kappa shape index (κ2) is 17.3. The number of carbonyl (C=O) groups is 3. The van der Waals surface area contributed by atoms with Gasteiger partial charge in [-0.25, -0.2) is 19.6 Å². The lowest BCUT2D eigenvalue weighted by Gasteiger charge is -2.36. The maximum atomic E-state index is 13.8. The molecule has 0 radical (unpaired) electrons. The number of ether oxygens (including phenoxy) is 4. The van der Waals surface area contributed by atoms with Crippen molar-refractivity contribution in [1.29, 1.82) is 0 Å². The van der Waals surface area contributed by atoms with E-state index >= 15 is 0 Å². The van der Waals surface area contributed by atoms with Gasteiger partial charge in [0, 0.05) is 30.6 Å². The highest BCUT2D eigenvalue weighted by atomic mass is 16.5. The maximum absolute atomic E-state index is 13.8. The smallest absolute Gasteiger partial charge is 0.407 e. The summed E-state index contributed by atoms with van der Waals surface area (Å²) in [6.45, 7) is 9.31. The molecule has 3 aliphatic heterocycles. The first kappa shape index (κ1) is 42.0. The van der Waals surface area contributed by atoms with E-state index in [9.17, 15) is 19.5 Å². The second-order valence-corrected chi connectivity index (χ2v) is 16.9. The Balaban J connectivity index is 1.05. The van der Waals surface area contributed by atoms with E-state index in [4.69, 9.17) is 28.9 Å². The van der Waals surface area contributed by atoms with Crippen LogP contribution in [-0.4, -0.2) is 112 Å². The predicted octanol–water partition coefficient (Wildman–Crippen LogP) is 6.56. The first-order valence-corrected chi connectivity index (χ1v) is 21.1. The highest BCUT2D eigenvalue weighted by Gasteiger charge is 2.43. The zero-order chi connectivity index (χ0) is 43.1. The van der Waals surface area contributed by atoms with Crippen LogP contribution < -0.4 is 15.4 Å². The van der Waals surface area contributed by atoms with Gasteiger partial charge in [0.15, 0.2) is 0 Å². The lowest BCUT2D eigenvalue weighted by atomic mass is 9.92. The summed E-state index contributed by atoms with van der Waals surface area (Å²) < 4.78 is 21.6. The standard InChI is InChI=1S/C45H56N8O8/c1-8-32(49-44(56)59-6)42(54)53-24(4)9-14-35(53)41-47-33-13-11-26-17-31-29-12-10-27(16-28(29)22-61-37(31)18-30(26)39(33)50-41)34-19-46-40(48-34)36-15-25(21-58-5)20-52(36)43(55)38(23(2)3)51-45(57)60-7/h10-13,16-19,23-25,32,35-36,38,43,55H,8-9,14-15,20-22H2,1-7H3,(H,46,48)(H,47,50)(H,49,56)(H,51,57). The molecule has 2 saturated heterocycles. The summed E-state index contributed by atoms with van der Waals surface area (Å²) in [5, 5.41) is 19.1. The van der Waals surface area contributed by atoms with E-state index in [1.165, 1.54) is 14.2 Å². The van der Waals surface area contributed by atoms with Crippen molar-refractivity contribution in [3.63, 3.8) is 0 Å². The Morgan fingerprint density at radius 2 is 1.75 bits per heavy atom. The molecule has 5 heterocycles. The molecule has 7 unspecified atom stereocenters. The van der Waals surface area contributed by atoms with Gasteiger partial charge in [0.2, 0.25) is 5.91 Å². The fourth-order valence-corrected chi connectivity index (χ4v) is 9.48. The summed E-state index contributed by atoms with van der Waals surface area (Å²) in [5.41, 5.74) is 6.60. The molecule has 2 fully saturated rings. The van der Waals surface area contributed by atoms with Crippen molar-refractivity contribution in [2.24, 2.45) is 11.8 Å². The maximum Gasteiger partial charge on any atom is 0.407 e. The lowest BCUT2D eigenvalue weighted by molar-refractivity contribution is -0.136. The minimum absolute atomic E-state index is 0.0151. The average molecular weight is 837 g/mol. The van der Waals surface area contributed by atoms with E-state index in [0.29, 0.717) is 32.0 Å². The third-order valence-corrected chi connectivity index (χ3v) is 12.7. The van der Waals surface area contributed by atoms with Gasteiger partial charge in [-0.2, -0.15) is 0 Å². The molecule has 324 valence electrons. The van der Waals surface area contributed by atoms with Crippen LogP contribution in [-0.2, 0) is 25.6 Å². The molecule has 5 N–H and O–H groups in total. The van der Waals surface area contributed by atoms with E-state index in [2.05, 4.69) is 57.0 Å². The van der Waals surface area contributed by atoms with E-state index in [0.717, 1.165) is 80.6 Å². The number of amides is 3. The van der Waals surface area contributed by atoms with Crippen molar-refractivity contribution < 1.29 is 38.4 Å². The van der Waals surface area contributed by atoms with Gasteiger partial charge >= 0.3 is 12.2 Å². The second-order valence-electron chi connectivity index (χ2n) is 16.9. The molecule has 0 bridgehead atoms. The number of hydrogen-bond donors (Lipinski definition) is 5. The molecule has 16 nitrogen and oxygen atoms in total. The highest BCUT2D eigenvalue weighted by Crippen LogP contribution is 2.44. The van der Waals surface area contributed by atoms with Gasteiger partial charge in [-0.15, -0.1) is 0 Å². The van der Waals surface area contributed by atoms with Crippen LogP contribution in [0.1, 0.15) is 82.7 Å². The molecule has 7 atom stereocenters. The molecule has 16 heteroatoms. The first-order valence-electron chi connectivity index (χ1n) is 21.1. The van der Waals surface area contributed by atoms with Crippen molar-refractivity contribution in [3.8, 4) is 28.1 Å². The van der Waals surface area contributed by atoms with Gasteiger partial charge in [0.05, 0.1) is 61.9 Å². The topological polar surface area (TPSA) is 196 Å². The van der Waals surface area contributed by atoms with Crippen molar-refractivity contribution >= 4 is 39.9 Å². The van der Waals surface area contributed by atoms with Gasteiger partial charge < -0.3 is 49.6 Å². The third-order valence-electron chi connectivity index (χ3n) is 12.7. The minimum atomic E-state index is -0.975. The van der Waals surface area contributed by atoms with Crippen LogP contribution in [0.3, 0.4) is 0 Å². The Morgan fingerprint density at radius 3 is 2.49 bits per heavy atom. The first-order chi connectivity index (χ1) is 29.4. The van der Waals surface area contributed by atoms with Gasteiger partial charge in [-0.3, -0.25) is 9.69 Å². The summed E-state index contributed by atoms with van der Waals surface area (Å²) in [7, 11) is 4.28. The Kier molecular flexibility index (Phi) is 11.9.